The number of hydrogen-bond donors (Lipinski definition) is 1. The number of aliphatic hydroxyl groups is 1. The maximum atomic E-state index is 13.5. The fraction of sp³-hybridized carbons (Fsp3) is 0.696. The SMILES string of the molecule is CCC(C)N1C(=O)C(=CC2=C(O)N(C(C)CC)S(=O)(=O)N(C(C)CC)C2=O)C(=O)N(C(C)CC)S1(=O)=O. The Labute approximate surface area is 219 Å². The molecule has 2 aliphatic rings. The van der Waals surface area contributed by atoms with Gasteiger partial charge < -0.3 is 5.11 Å². The van der Waals surface area contributed by atoms with Gasteiger partial charge in [0.25, 0.3) is 17.7 Å². The number of carbonyl (C=O) groups is 3. The summed E-state index contributed by atoms with van der Waals surface area (Å²) >= 11 is 0. The highest BCUT2D eigenvalue weighted by atomic mass is 32.2. The van der Waals surface area contributed by atoms with Crippen molar-refractivity contribution in [1.82, 2.24) is 17.2 Å². The van der Waals surface area contributed by atoms with Gasteiger partial charge in [-0.1, -0.05) is 27.7 Å². The molecule has 0 radical (unpaired) electrons. The summed E-state index contributed by atoms with van der Waals surface area (Å²) in [5, 5.41) is 11.0. The van der Waals surface area contributed by atoms with Crippen LogP contribution in [0.2, 0.25) is 0 Å². The average Bonchev–Trinajstić information content (AvgIpc) is 2.81. The first-order valence-electron chi connectivity index (χ1n) is 12.5. The number of hydrogen-bond acceptors (Lipinski definition) is 8. The molecule has 2 rings (SSSR count). The Kier molecular flexibility index (Phi) is 9.11. The lowest BCUT2D eigenvalue weighted by atomic mass is 10.1. The van der Waals surface area contributed by atoms with Gasteiger partial charge in [0.1, 0.15) is 11.1 Å². The van der Waals surface area contributed by atoms with Gasteiger partial charge in [-0.05, 0) is 59.5 Å². The third-order valence-electron chi connectivity index (χ3n) is 6.99. The average molecular weight is 563 g/mol. The Bertz CT molecular complexity index is 1190. The fourth-order valence-corrected chi connectivity index (χ4v) is 8.09. The highest BCUT2D eigenvalue weighted by Crippen LogP contribution is 2.34. The molecule has 2 aliphatic heterocycles. The highest BCUT2D eigenvalue weighted by molar-refractivity contribution is 7.88. The second-order valence-corrected chi connectivity index (χ2v) is 12.8. The summed E-state index contributed by atoms with van der Waals surface area (Å²) in [7, 11) is -8.98. The Morgan fingerprint density at radius 2 is 0.919 bits per heavy atom. The molecule has 1 N–H and O–H groups in total. The van der Waals surface area contributed by atoms with Crippen LogP contribution in [0, 0.1) is 0 Å². The number of aliphatic hydroxyl groups excluding tert-OH is 1. The molecular formula is C23H38N4O8S2. The van der Waals surface area contributed by atoms with E-state index >= 15 is 0 Å². The third kappa shape index (κ3) is 4.97. The quantitative estimate of drug-likeness (QED) is 0.331. The van der Waals surface area contributed by atoms with Crippen LogP contribution in [0.3, 0.4) is 0 Å². The lowest BCUT2D eigenvalue weighted by Gasteiger charge is -2.42. The van der Waals surface area contributed by atoms with Crippen molar-refractivity contribution < 1.29 is 36.3 Å². The molecule has 14 heteroatoms. The molecule has 0 spiro atoms. The normalized spacial score (nSPS) is 23.4. The second-order valence-electron chi connectivity index (χ2n) is 9.44. The lowest BCUT2D eigenvalue weighted by Crippen LogP contribution is -2.61. The third-order valence-corrected chi connectivity index (χ3v) is 11.1. The van der Waals surface area contributed by atoms with Crippen molar-refractivity contribution in [3.8, 4) is 0 Å². The van der Waals surface area contributed by atoms with Crippen LogP contribution in [-0.4, -0.2) is 81.1 Å². The summed E-state index contributed by atoms with van der Waals surface area (Å²) < 4.78 is 55.8. The number of rotatable bonds is 9. The lowest BCUT2D eigenvalue weighted by molar-refractivity contribution is -0.133. The van der Waals surface area contributed by atoms with Gasteiger partial charge in [-0.2, -0.15) is 16.8 Å². The van der Waals surface area contributed by atoms with Crippen LogP contribution in [0.25, 0.3) is 0 Å². The molecule has 3 amide bonds. The standard InChI is InChI=1S/C23H38N4O8S2/c1-9-14(5)24-20(28)18(21(29)25(15(6)10-2)36(24,32)33)13-19-22(30)26(16(7)11-3)37(34,35)27(23(19)31)17(8)12-4/h13-17,28H,9-12H2,1-8H3. The minimum atomic E-state index is -4.51. The van der Waals surface area contributed by atoms with Crippen molar-refractivity contribution in [1.29, 1.82) is 0 Å². The molecule has 0 aromatic rings. The Hall–Kier alpha value is -2.61. The topological polar surface area (TPSA) is 153 Å². The molecule has 12 nitrogen and oxygen atoms in total. The molecule has 0 saturated carbocycles. The molecule has 1 saturated heterocycles. The van der Waals surface area contributed by atoms with Crippen molar-refractivity contribution >= 4 is 38.1 Å². The van der Waals surface area contributed by atoms with Gasteiger partial charge in [-0.25, -0.2) is 17.2 Å². The first-order valence-corrected chi connectivity index (χ1v) is 15.3. The Balaban J connectivity index is 2.91. The highest BCUT2D eigenvalue weighted by Gasteiger charge is 2.51. The molecular weight excluding hydrogens is 524 g/mol. The van der Waals surface area contributed by atoms with Gasteiger partial charge in [0.05, 0.1) is 0 Å². The zero-order valence-electron chi connectivity index (χ0n) is 22.6. The van der Waals surface area contributed by atoms with Crippen LogP contribution in [0.4, 0.5) is 0 Å². The van der Waals surface area contributed by atoms with Crippen molar-refractivity contribution in [2.75, 3.05) is 0 Å². The zero-order chi connectivity index (χ0) is 28.6. The van der Waals surface area contributed by atoms with E-state index in [1.807, 2.05) is 0 Å². The van der Waals surface area contributed by atoms with E-state index in [0.29, 0.717) is 17.2 Å². The van der Waals surface area contributed by atoms with Gasteiger partial charge in [0, 0.05) is 24.2 Å². The van der Waals surface area contributed by atoms with Crippen LogP contribution in [0.5, 0.6) is 0 Å². The molecule has 0 bridgehead atoms. The maximum Gasteiger partial charge on any atom is 0.331 e. The van der Waals surface area contributed by atoms with E-state index in [9.17, 15) is 36.3 Å². The Morgan fingerprint density at radius 3 is 1.27 bits per heavy atom. The summed E-state index contributed by atoms with van der Waals surface area (Å²) in [6, 6.07) is -3.17. The Morgan fingerprint density at radius 1 is 0.622 bits per heavy atom. The minimum Gasteiger partial charge on any atom is -0.493 e. The van der Waals surface area contributed by atoms with E-state index in [-0.39, 0.29) is 25.7 Å². The largest absolute Gasteiger partial charge is 0.493 e. The second kappa shape index (κ2) is 11.0. The molecule has 0 aromatic heterocycles. The molecule has 0 aromatic carbocycles. The summed E-state index contributed by atoms with van der Waals surface area (Å²) in [6.07, 6.45) is 1.89. The van der Waals surface area contributed by atoms with Gasteiger partial charge in [0.15, 0.2) is 0 Å². The van der Waals surface area contributed by atoms with Gasteiger partial charge in [0.2, 0.25) is 5.88 Å². The summed E-state index contributed by atoms with van der Waals surface area (Å²) in [5.74, 6) is -4.33. The van der Waals surface area contributed by atoms with Crippen LogP contribution in [0.15, 0.2) is 23.1 Å². The van der Waals surface area contributed by atoms with E-state index < -0.39 is 79.3 Å². The van der Waals surface area contributed by atoms with E-state index in [2.05, 4.69) is 0 Å². The van der Waals surface area contributed by atoms with Crippen LogP contribution in [0.1, 0.15) is 81.1 Å². The van der Waals surface area contributed by atoms with Crippen molar-refractivity contribution in [2.45, 2.75) is 105 Å². The minimum absolute atomic E-state index is 0.259. The van der Waals surface area contributed by atoms with Crippen LogP contribution < -0.4 is 0 Å². The maximum absolute atomic E-state index is 13.5. The van der Waals surface area contributed by atoms with E-state index in [0.717, 1.165) is 6.08 Å². The van der Waals surface area contributed by atoms with Gasteiger partial charge in [-0.3, -0.25) is 14.4 Å². The summed E-state index contributed by atoms with van der Waals surface area (Å²) in [6.45, 7) is 12.8. The van der Waals surface area contributed by atoms with Gasteiger partial charge in [-0.15, -0.1) is 0 Å². The molecule has 1 fully saturated rings. The smallest absolute Gasteiger partial charge is 0.331 e. The van der Waals surface area contributed by atoms with Gasteiger partial charge >= 0.3 is 20.4 Å². The predicted octanol–water partition coefficient (Wildman–Crippen LogP) is 2.18. The first-order chi connectivity index (χ1) is 17.1. The van der Waals surface area contributed by atoms with E-state index in [1.54, 1.807) is 34.6 Å². The molecule has 4 atom stereocenters. The number of amides is 3. The predicted molar refractivity (Wildman–Crippen MR) is 137 cm³/mol. The fourth-order valence-electron chi connectivity index (χ4n) is 4.05. The molecule has 210 valence electrons. The monoisotopic (exact) mass is 562 g/mol. The van der Waals surface area contributed by atoms with E-state index in [1.165, 1.54) is 20.8 Å². The van der Waals surface area contributed by atoms with Crippen LogP contribution in [-0.2, 0) is 34.8 Å². The summed E-state index contributed by atoms with van der Waals surface area (Å²) in [4.78, 5) is 40.3. The summed E-state index contributed by atoms with van der Waals surface area (Å²) in [5.41, 5.74) is -1.24. The number of carbonyl (C=O) groups excluding carboxylic acids is 3. The molecule has 2 heterocycles. The van der Waals surface area contributed by atoms with Crippen molar-refractivity contribution in [2.24, 2.45) is 0 Å². The van der Waals surface area contributed by atoms with E-state index in [4.69, 9.17) is 0 Å². The van der Waals surface area contributed by atoms with Crippen molar-refractivity contribution in [3.05, 3.63) is 23.1 Å². The van der Waals surface area contributed by atoms with Crippen molar-refractivity contribution in [3.63, 3.8) is 0 Å². The first kappa shape index (κ1) is 30.6. The molecule has 0 aliphatic carbocycles. The number of nitrogens with zero attached hydrogens (tertiary/aromatic N) is 4. The molecule has 4 unspecified atom stereocenters. The van der Waals surface area contributed by atoms with Crippen LogP contribution >= 0.6 is 0 Å². The zero-order valence-corrected chi connectivity index (χ0v) is 24.3. The molecule has 37 heavy (non-hydrogen) atoms.